The molecule has 2 heterocycles. The Morgan fingerprint density at radius 3 is 3.06 bits per heavy atom. The average Bonchev–Trinajstić information content (AvgIpc) is 2.30. The lowest BCUT2D eigenvalue weighted by atomic mass is 10.1. The molecule has 0 spiro atoms. The van der Waals surface area contributed by atoms with Crippen LogP contribution in [-0.2, 0) is 6.54 Å². The van der Waals surface area contributed by atoms with Gasteiger partial charge in [0.25, 0.3) is 0 Å². The summed E-state index contributed by atoms with van der Waals surface area (Å²) in [7, 11) is 0. The number of halogens is 2. The summed E-state index contributed by atoms with van der Waals surface area (Å²) in [6, 6.07) is 2.48. The van der Waals surface area contributed by atoms with E-state index >= 15 is 0 Å². The maximum atomic E-state index is 5.71. The van der Waals surface area contributed by atoms with Gasteiger partial charge in [0.1, 0.15) is 0 Å². The van der Waals surface area contributed by atoms with Crippen LogP contribution >= 0.6 is 24.0 Å². The second-order valence-electron chi connectivity index (χ2n) is 4.09. The van der Waals surface area contributed by atoms with E-state index in [4.69, 9.17) is 11.6 Å². The van der Waals surface area contributed by atoms with Gasteiger partial charge in [-0.05, 0) is 37.1 Å². The summed E-state index contributed by atoms with van der Waals surface area (Å²) in [6.45, 7) is 2.88. The van der Waals surface area contributed by atoms with Crippen molar-refractivity contribution in [1.29, 1.82) is 0 Å². The first-order valence-corrected chi connectivity index (χ1v) is 6.14. The maximum Gasteiger partial charge on any atom is 0.222 e. The topological polar surface area (TPSA) is 49.8 Å². The Balaban J connectivity index is 0.00000144. The standard InChI is InChI=1S/C11H17ClN4.ClH/c12-11-15-6-4-10(16-11)8-13-7-9-3-1-2-5-14-9;/h4,6,9,13-14H,1-3,5,7-8H2;1H. The Morgan fingerprint density at radius 2 is 2.35 bits per heavy atom. The van der Waals surface area contributed by atoms with Crippen LogP contribution in [-0.4, -0.2) is 29.1 Å². The lowest BCUT2D eigenvalue weighted by molar-refractivity contribution is 0.382. The van der Waals surface area contributed by atoms with E-state index in [2.05, 4.69) is 20.6 Å². The van der Waals surface area contributed by atoms with Crippen LogP contribution in [0.1, 0.15) is 25.0 Å². The molecule has 2 N–H and O–H groups in total. The summed E-state index contributed by atoms with van der Waals surface area (Å²) in [5, 5.41) is 7.20. The largest absolute Gasteiger partial charge is 0.313 e. The van der Waals surface area contributed by atoms with Crippen LogP contribution in [0.25, 0.3) is 0 Å². The first-order valence-electron chi connectivity index (χ1n) is 5.76. The van der Waals surface area contributed by atoms with E-state index in [9.17, 15) is 0 Å². The van der Waals surface area contributed by atoms with Gasteiger partial charge in [-0.2, -0.15) is 0 Å². The SMILES string of the molecule is Cl.Clc1nccc(CNCC2CCCCN2)n1. The van der Waals surface area contributed by atoms with Gasteiger partial charge in [-0.15, -0.1) is 12.4 Å². The van der Waals surface area contributed by atoms with Gasteiger partial charge >= 0.3 is 0 Å². The number of piperidine rings is 1. The van der Waals surface area contributed by atoms with Crippen molar-refractivity contribution in [2.24, 2.45) is 0 Å². The van der Waals surface area contributed by atoms with Gasteiger partial charge in [-0.1, -0.05) is 6.42 Å². The van der Waals surface area contributed by atoms with E-state index in [1.54, 1.807) is 6.20 Å². The van der Waals surface area contributed by atoms with Crippen molar-refractivity contribution in [1.82, 2.24) is 20.6 Å². The predicted octanol–water partition coefficient (Wildman–Crippen LogP) is 1.78. The quantitative estimate of drug-likeness (QED) is 0.824. The van der Waals surface area contributed by atoms with E-state index in [1.807, 2.05) is 6.07 Å². The number of hydrogen-bond donors (Lipinski definition) is 2. The van der Waals surface area contributed by atoms with E-state index in [-0.39, 0.29) is 12.4 Å². The summed E-state index contributed by atoms with van der Waals surface area (Å²) < 4.78 is 0. The van der Waals surface area contributed by atoms with Crippen LogP contribution in [0.4, 0.5) is 0 Å². The molecule has 2 rings (SSSR count). The third-order valence-electron chi connectivity index (χ3n) is 2.79. The number of aromatic nitrogens is 2. The smallest absolute Gasteiger partial charge is 0.222 e. The Bertz CT molecular complexity index is 329. The molecule has 1 unspecified atom stereocenters. The minimum Gasteiger partial charge on any atom is -0.313 e. The Hall–Kier alpha value is -0.420. The lowest BCUT2D eigenvalue weighted by Crippen LogP contribution is -2.41. The normalized spacial score (nSPS) is 19.7. The molecule has 96 valence electrons. The Labute approximate surface area is 113 Å². The zero-order chi connectivity index (χ0) is 11.2. The molecule has 4 nitrogen and oxygen atoms in total. The average molecular weight is 277 g/mol. The van der Waals surface area contributed by atoms with Crippen molar-refractivity contribution < 1.29 is 0 Å². The summed E-state index contributed by atoms with van der Waals surface area (Å²) in [5.41, 5.74) is 0.941. The fourth-order valence-electron chi connectivity index (χ4n) is 1.94. The second kappa shape index (κ2) is 7.82. The van der Waals surface area contributed by atoms with E-state index in [0.717, 1.165) is 25.3 Å². The molecule has 0 radical (unpaired) electrons. The van der Waals surface area contributed by atoms with Crippen molar-refractivity contribution in [2.45, 2.75) is 31.8 Å². The first-order chi connectivity index (χ1) is 7.84. The molecular formula is C11H18Cl2N4. The molecule has 0 amide bonds. The molecule has 1 aromatic heterocycles. The van der Waals surface area contributed by atoms with Crippen molar-refractivity contribution >= 4 is 24.0 Å². The zero-order valence-electron chi connectivity index (χ0n) is 9.66. The summed E-state index contributed by atoms with van der Waals surface area (Å²) in [6.07, 6.45) is 5.58. The molecule has 6 heteroatoms. The molecule has 1 atom stereocenters. The third kappa shape index (κ3) is 5.17. The highest BCUT2D eigenvalue weighted by Crippen LogP contribution is 2.06. The molecule has 1 aliphatic rings. The van der Waals surface area contributed by atoms with Crippen LogP contribution in [0.3, 0.4) is 0 Å². The molecule has 0 saturated carbocycles. The van der Waals surface area contributed by atoms with Crippen LogP contribution in [0.5, 0.6) is 0 Å². The zero-order valence-corrected chi connectivity index (χ0v) is 11.2. The Morgan fingerprint density at radius 1 is 1.47 bits per heavy atom. The summed E-state index contributed by atoms with van der Waals surface area (Å²) in [5.74, 6) is 0. The van der Waals surface area contributed by atoms with Gasteiger partial charge < -0.3 is 10.6 Å². The molecular weight excluding hydrogens is 259 g/mol. The predicted molar refractivity (Wildman–Crippen MR) is 71.6 cm³/mol. The van der Waals surface area contributed by atoms with Gasteiger partial charge in [0.05, 0.1) is 5.69 Å². The minimum absolute atomic E-state index is 0. The maximum absolute atomic E-state index is 5.71. The fraction of sp³-hybridized carbons (Fsp3) is 0.636. The molecule has 1 aliphatic heterocycles. The third-order valence-corrected chi connectivity index (χ3v) is 2.98. The molecule has 17 heavy (non-hydrogen) atoms. The summed E-state index contributed by atoms with van der Waals surface area (Å²) in [4.78, 5) is 7.98. The molecule has 0 aromatic carbocycles. The van der Waals surface area contributed by atoms with Gasteiger partial charge in [0.15, 0.2) is 0 Å². The van der Waals surface area contributed by atoms with E-state index < -0.39 is 0 Å². The molecule has 1 aromatic rings. The second-order valence-corrected chi connectivity index (χ2v) is 4.43. The van der Waals surface area contributed by atoms with Crippen molar-refractivity contribution in [3.63, 3.8) is 0 Å². The first kappa shape index (κ1) is 14.6. The monoisotopic (exact) mass is 276 g/mol. The van der Waals surface area contributed by atoms with Gasteiger partial charge in [0, 0.05) is 25.3 Å². The Kier molecular flexibility index (Phi) is 6.73. The highest BCUT2D eigenvalue weighted by Gasteiger charge is 2.11. The van der Waals surface area contributed by atoms with Crippen LogP contribution in [0, 0.1) is 0 Å². The minimum atomic E-state index is 0. The number of nitrogens with zero attached hydrogens (tertiary/aromatic N) is 2. The molecule has 1 fully saturated rings. The summed E-state index contributed by atoms with van der Waals surface area (Å²) >= 11 is 5.71. The van der Waals surface area contributed by atoms with Crippen LogP contribution in [0.15, 0.2) is 12.3 Å². The lowest BCUT2D eigenvalue weighted by Gasteiger charge is -2.23. The molecule has 0 bridgehead atoms. The van der Waals surface area contributed by atoms with Crippen LogP contribution < -0.4 is 10.6 Å². The molecule has 0 aliphatic carbocycles. The van der Waals surface area contributed by atoms with Gasteiger partial charge in [-0.3, -0.25) is 0 Å². The van der Waals surface area contributed by atoms with Crippen molar-refractivity contribution in [3.05, 3.63) is 23.2 Å². The van der Waals surface area contributed by atoms with Gasteiger partial charge in [-0.25, -0.2) is 9.97 Å². The fourth-order valence-corrected chi connectivity index (χ4v) is 2.11. The van der Waals surface area contributed by atoms with Crippen molar-refractivity contribution in [2.75, 3.05) is 13.1 Å². The van der Waals surface area contributed by atoms with E-state index in [0.29, 0.717) is 11.3 Å². The van der Waals surface area contributed by atoms with Gasteiger partial charge in [0.2, 0.25) is 5.28 Å². The number of rotatable bonds is 4. The number of hydrogen-bond acceptors (Lipinski definition) is 4. The molecule has 1 saturated heterocycles. The number of nitrogens with one attached hydrogen (secondary N) is 2. The van der Waals surface area contributed by atoms with E-state index in [1.165, 1.54) is 19.3 Å². The van der Waals surface area contributed by atoms with Crippen molar-refractivity contribution in [3.8, 4) is 0 Å². The highest BCUT2D eigenvalue weighted by molar-refractivity contribution is 6.28. The highest BCUT2D eigenvalue weighted by atomic mass is 35.5. The van der Waals surface area contributed by atoms with Crippen LogP contribution in [0.2, 0.25) is 5.28 Å².